The first-order valence-electron chi connectivity index (χ1n) is 6.36. The van der Waals surface area contributed by atoms with Crippen LogP contribution in [0.2, 0.25) is 5.02 Å². The Morgan fingerprint density at radius 2 is 2.28 bits per heavy atom. The summed E-state index contributed by atoms with van der Waals surface area (Å²) in [7, 11) is 0. The molecule has 0 aliphatic heterocycles. The number of benzene rings is 1. The average molecular weight is 267 g/mol. The van der Waals surface area contributed by atoms with Gasteiger partial charge in [-0.05, 0) is 43.4 Å². The molecule has 3 N–H and O–H groups in total. The van der Waals surface area contributed by atoms with E-state index in [2.05, 4.69) is 5.32 Å². The number of carbonyl (C=O) groups is 1. The summed E-state index contributed by atoms with van der Waals surface area (Å²) in [5.41, 5.74) is 6.95. The third-order valence-corrected chi connectivity index (χ3v) is 3.61. The van der Waals surface area contributed by atoms with Crippen LogP contribution in [0.4, 0.5) is 0 Å². The highest BCUT2D eigenvalue weighted by Gasteiger charge is 2.30. The highest BCUT2D eigenvalue weighted by atomic mass is 35.5. The van der Waals surface area contributed by atoms with E-state index in [0.717, 1.165) is 18.4 Å². The van der Waals surface area contributed by atoms with E-state index in [9.17, 15) is 4.79 Å². The Hall–Kier alpha value is -1.06. The maximum absolute atomic E-state index is 11.8. The van der Waals surface area contributed by atoms with E-state index < -0.39 is 0 Å². The fourth-order valence-electron chi connectivity index (χ4n) is 2.06. The average Bonchev–Trinajstić information content (AvgIpc) is 3.12. The van der Waals surface area contributed by atoms with Gasteiger partial charge in [-0.15, -0.1) is 0 Å². The fraction of sp³-hybridized carbons (Fsp3) is 0.500. The van der Waals surface area contributed by atoms with Crippen LogP contribution in [0.15, 0.2) is 24.3 Å². The molecule has 1 saturated carbocycles. The van der Waals surface area contributed by atoms with Crippen LogP contribution < -0.4 is 11.1 Å². The molecule has 1 aliphatic carbocycles. The van der Waals surface area contributed by atoms with E-state index in [1.807, 2.05) is 31.2 Å². The van der Waals surface area contributed by atoms with Gasteiger partial charge >= 0.3 is 0 Å². The first-order valence-corrected chi connectivity index (χ1v) is 6.74. The molecule has 2 atom stereocenters. The summed E-state index contributed by atoms with van der Waals surface area (Å²) >= 11 is 5.93. The molecule has 0 heterocycles. The summed E-state index contributed by atoms with van der Waals surface area (Å²) in [6, 6.07) is 7.50. The van der Waals surface area contributed by atoms with Gasteiger partial charge < -0.3 is 11.1 Å². The summed E-state index contributed by atoms with van der Waals surface area (Å²) in [4.78, 5) is 11.8. The number of nitrogens with two attached hydrogens (primary N) is 1. The Balaban J connectivity index is 1.86. The van der Waals surface area contributed by atoms with Gasteiger partial charge in [-0.3, -0.25) is 4.79 Å². The third kappa shape index (κ3) is 3.72. The highest BCUT2D eigenvalue weighted by Crippen LogP contribution is 2.32. The molecular formula is C14H19ClN2O. The van der Waals surface area contributed by atoms with Gasteiger partial charge in [-0.2, -0.15) is 0 Å². The summed E-state index contributed by atoms with van der Waals surface area (Å²) in [5, 5.41) is 3.64. The lowest BCUT2D eigenvalue weighted by Gasteiger charge is -2.16. The normalized spacial score (nSPS) is 18.2. The molecular weight excluding hydrogens is 248 g/mol. The lowest BCUT2D eigenvalue weighted by atomic mass is 10.1. The first-order chi connectivity index (χ1) is 8.56. The van der Waals surface area contributed by atoms with Gasteiger partial charge in [-0.1, -0.05) is 23.7 Å². The summed E-state index contributed by atoms with van der Waals surface area (Å²) in [6.07, 6.45) is 2.74. The summed E-state index contributed by atoms with van der Waals surface area (Å²) in [5.74, 6) is 0.569. The maximum Gasteiger partial charge on any atom is 0.222 e. The van der Waals surface area contributed by atoms with Crippen molar-refractivity contribution >= 4 is 17.5 Å². The second-order valence-electron chi connectivity index (χ2n) is 5.05. The standard InChI is InChI=1S/C14H19ClN2O/c1-9(11-3-2-4-12(15)7-11)17-14(18)8-13(16)10-5-6-10/h2-4,7,9-10,13H,5-6,8,16H2,1H3,(H,17,18)/t9-,13?/m0/s1. The van der Waals surface area contributed by atoms with Crippen molar-refractivity contribution in [2.45, 2.75) is 38.3 Å². The topological polar surface area (TPSA) is 55.1 Å². The Labute approximate surface area is 113 Å². The van der Waals surface area contributed by atoms with Crippen molar-refractivity contribution in [3.05, 3.63) is 34.9 Å². The molecule has 1 aromatic rings. The molecule has 0 spiro atoms. The molecule has 0 aromatic heterocycles. The second-order valence-corrected chi connectivity index (χ2v) is 5.49. The fourth-order valence-corrected chi connectivity index (χ4v) is 2.26. The van der Waals surface area contributed by atoms with Crippen LogP contribution in [0, 0.1) is 5.92 Å². The molecule has 18 heavy (non-hydrogen) atoms. The molecule has 1 unspecified atom stereocenters. The van der Waals surface area contributed by atoms with Gasteiger partial charge in [0.15, 0.2) is 0 Å². The van der Waals surface area contributed by atoms with Crippen molar-refractivity contribution in [2.24, 2.45) is 11.7 Å². The van der Waals surface area contributed by atoms with E-state index >= 15 is 0 Å². The number of hydrogen-bond donors (Lipinski definition) is 2. The molecule has 1 amide bonds. The number of halogens is 1. The minimum Gasteiger partial charge on any atom is -0.350 e. The summed E-state index contributed by atoms with van der Waals surface area (Å²) in [6.45, 7) is 1.95. The van der Waals surface area contributed by atoms with Crippen LogP contribution in [0.25, 0.3) is 0 Å². The monoisotopic (exact) mass is 266 g/mol. The number of nitrogens with one attached hydrogen (secondary N) is 1. The molecule has 0 bridgehead atoms. The zero-order valence-corrected chi connectivity index (χ0v) is 11.3. The van der Waals surface area contributed by atoms with Crippen molar-refractivity contribution in [2.75, 3.05) is 0 Å². The maximum atomic E-state index is 11.8. The van der Waals surface area contributed by atoms with Crippen molar-refractivity contribution < 1.29 is 4.79 Å². The van der Waals surface area contributed by atoms with E-state index in [4.69, 9.17) is 17.3 Å². The molecule has 4 heteroatoms. The molecule has 98 valence electrons. The van der Waals surface area contributed by atoms with Crippen LogP contribution >= 0.6 is 11.6 Å². The van der Waals surface area contributed by atoms with E-state index in [-0.39, 0.29) is 18.0 Å². The molecule has 1 aliphatic rings. The van der Waals surface area contributed by atoms with Gasteiger partial charge in [0.1, 0.15) is 0 Å². The van der Waals surface area contributed by atoms with E-state index in [1.54, 1.807) is 0 Å². The Morgan fingerprint density at radius 3 is 2.89 bits per heavy atom. The first kappa shape index (κ1) is 13.4. The van der Waals surface area contributed by atoms with E-state index in [0.29, 0.717) is 17.4 Å². The van der Waals surface area contributed by atoms with Gasteiger partial charge in [0.05, 0.1) is 6.04 Å². The number of amides is 1. The van der Waals surface area contributed by atoms with Gasteiger partial charge in [0, 0.05) is 17.5 Å². The minimum absolute atomic E-state index is 0.0107. The number of hydrogen-bond acceptors (Lipinski definition) is 2. The highest BCUT2D eigenvalue weighted by molar-refractivity contribution is 6.30. The largest absolute Gasteiger partial charge is 0.350 e. The smallest absolute Gasteiger partial charge is 0.222 e. The van der Waals surface area contributed by atoms with Crippen LogP contribution in [0.1, 0.15) is 37.8 Å². The summed E-state index contributed by atoms with van der Waals surface area (Å²) < 4.78 is 0. The molecule has 1 fully saturated rings. The zero-order valence-electron chi connectivity index (χ0n) is 10.5. The minimum atomic E-state index is -0.0393. The van der Waals surface area contributed by atoms with Gasteiger partial charge in [0.25, 0.3) is 0 Å². The Bertz CT molecular complexity index is 432. The number of rotatable bonds is 5. The predicted octanol–water partition coefficient (Wildman–Crippen LogP) is 2.64. The molecule has 0 radical (unpaired) electrons. The molecule has 3 nitrogen and oxygen atoms in total. The van der Waals surface area contributed by atoms with Crippen LogP contribution in [-0.4, -0.2) is 11.9 Å². The Kier molecular flexibility index (Phi) is 4.25. The lowest BCUT2D eigenvalue weighted by Crippen LogP contribution is -2.34. The van der Waals surface area contributed by atoms with E-state index in [1.165, 1.54) is 0 Å². The SMILES string of the molecule is C[C@H](NC(=O)CC(N)C1CC1)c1cccc(Cl)c1. The lowest BCUT2D eigenvalue weighted by molar-refractivity contribution is -0.122. The quantitative estimate of drug-likeness (QED) is 0.861. The van der Waals surface area contributed by atoms with Crippen molar-refractivity contribution in [1.82, 2.24) is 5.32 Å². The van der Waals surface area contributed by atoms with Crippen LogP contribution in [-0.2, 0) is 4.79 Å². The Morgan fingerprint density at radius 1 is 1.56 bits per heavy atom. The molecule has 0 saturated heterocycles. The van der Waals surface area contributed by atoms with Crippen molar-refractivity contribution in [1.29, 1.82) is 0 Å². The van der Waals surface area contributed by atoms with Crippen molar-refractivity contribution in [3.63, 3.8) is 0 Å². The van der Waals surface area contributed by atoms with Crippen LogP contribution in [0.3, 0.4) is 0 Å². The zero-order chi connectivity index (χ0) is 13.1. The van der Waals surface area contributed by atoms with Gasteiger partial charge in [-0.25, -0.2) is 0 Å². The van der Waals surface area contributed by atoms with Gasteiger partial charge in [0.2, 0.25) is 5.91 Å². The third-order valence-electron chi connectivity index (χ3n) is 3.37. The second kappa shape index (κ2) is 5.72. The predicted molar refractivity (Wildman–Crippen MR) is 73.3 cm³/mol. The van der Waals surface area contributed by atoms with Crippen LogP contribution in [0.5, 0.6) is 0 Å². The van der Waals surface area contributed by atoms with Crippen molar-refractivity contribution in [3.8, 4) is 0 Å². The number of carbonyl (C=O) groups excluding carboxylic acids is 1. The molecule has 1 aromatic carbocycles. The molecule has 2 rings (SSSR count).